The number of hydrogen-bond acceptors (Lipinski definition) is 5. The van der Waals surface area contributed by atoms with Gasteiger partial charge in [-0.15, -0.1) is 0 Å². The zero-order valence-electron chi connectivity index (χ0n) is 9.01. The van der Waals surface area contributed by atoms with Gasteiger partial charge in [-0.25, -0.2) is 4.79 Å². The molecule has 2 heterocycles. The molecule has 1 aliphatic heterocycles. The van der Waals surface area contributed by atoms with Crippen molar-refractivity contribution in [2.45, 2.75) is 25.9 Å². The van der Waals surface area contributed by atoms with Crippen LogP contribution in [0.25, 0.3) is 0 Å². The van der Waals surface area contributed by atoms with Gasteiger partial charge < -0.3 is 19.5 Å². The van der Waals surface area contributed by atoms with Gasteiger partial charge in [-0.2, -0.15) is 4.98 Å². The van der Waals surface area contributed by atoms with Crippen molar-refractivity contribution in [3.63, 3.8) is 0 Å². The third kappa shape index (κ3) is 1.88. The van der Waals surface area contributed by atoms with Crippen LogP contribution in [-0.2, 0) is 6.42 Å². The Hall–Kier alpha value is -1.56. The quantitative estimate of drug-likeness (QED) is 0.780. The number of aryl methyl sites for hydroxylation is 1. The first-order valence-corrected chi connectivity index (χ1v) is 5.27. The van der Waals surface area contributed by atoms with Crippen LogP contribution < -0.4 is 4.90 Å². The van der Waals surface area contributed by atoms with Crippen LogP contribution in [0.1, 0.15) is 29.6 Å². The summed E-state index contributed by atoms with van der Waals surface area (Å²) in [5.74, 6) is -0.699. The topological polar surface area (TPSA) is 86.8 Å². The fourth-order valence-corrected chi connectivity index (χ4v) is 1.80. The number of aliphatic hydroxyl groups excluding tert-OH is 1. The monoisotopic (exact) mass is 226 g/mol. The van der Waals surface area contributed by atoms with Gasteiger partial charge in [0.15, 0.2) is 5.69 Å². The van der Waals surface area contributed by atoms with E-state index in [1.54, 1.807) is 4.90 Å². The molecule has 2 N–H and O–H groups in total. The van der Waals surface area contributed by atoms with Gasteiger partial charge in [-0.05, 0) is 6.42 Å². The van der Waals surface area contributed by atoms with E-state index in [1.807, 2.05) is 6.92 Å². The Kier molecular flexibility index (Phi) is 2.82. The largest absolute Gasteiger partial charge is 0.476 e. The maximum atomic E-state index is 10.9. The molecule has 0 aromatic carbocycles. The summed E-state index contributed by atoms with van der Waals surface area (Å²) >= 11 is 0. The van der Waals surface area contributed by atoms with Gasteiger partial charge in [0.2, 0.25) is 0 Å². The van der Waals surface area contributed by atoms with Crippen molar-refractivity contribution >= 4 is 12.0 Å². The van der Waals surface area contributed by atoms with E-state index in [1.165, 1.54) is 0 Å². The van der Waals surface area contributed by atoms with E-state index >= 15 is 0 Å². The Morgan fingerprint density at radius 3 is 2.88 bits per heavy atom. The second-order valence-corrected chi connectivity index (χ2v) is 3.82. The Morgan fingerprint density at radius 1 is 1.69 bits per heavy atom. The Labute approximate surface area is 92.5 Å². The second-order valence-electron chi connectivity index (χ2n) is 3.82. The Morgan fingerprint density at radius 2 is 2.44 bits per heavy atom. The molecule has 88 valence electrons. The maximum Gasteiger partial charge on any atom is 0.358 e. The first kappa shape index (κ1) is 10.9. The SMILES string of the molecule is CCc1oc(N2CCC(O)C2)nc1C(=O)O. The average molecular weight is 226 g/mol. The lowest BCUT2D eigenvalue weighted by Gasteiger charge is -2.11. The number of aromatic nitrogens is 1. The highest BCUT2D eigenvalue weighted by Crippen LogP contribution is 2.23. The highest BCUT2D eigenvalue weighted by atomic mass is 16.4. The van der Waals surface area contributed by atoms with Crippen molar-refractivity contribution in [3.05, 3.63) is 11.5 Å². The van der Waals surface area contributed by atoms with Crippen LogP contribution in [0.15, 0.2) is 4.42 Å². The summed E-state index contributed by atoms with van der Waals surface area (Å²) in [6.45, 7) is 2.90. The molecule has 1 atom stereocenters. The highest BCUT2D eigenvalue weighted by Gasteiger charge is 2.27. The van der Waals surface area contributed by atoms with Crippen LogP contribution >= 0.6 is 0 Å². The molecule has 6 heteroatoms. The minimum absolute atomic E-state index is 0.0288. The summed E-state index contributed by atoms with van der Waals surface area (Å²) < 4.78 is 5.38. The van der Waals surface area contributed by atoms with E-state index in [-0.39, 0.29) is 11.8 Å². The highest BCUT2D eigenvalue weighted by molar-refractivity contribution is 5.86. The van der Waals surface area contributed by atoms with E-state index in [2.05, 4.69) is 4.98 Å². The van der Waals surface area contributed by atoms with Crippen molar-refractivity contribution in [2.24, 2.45) is 0 Å². The van der Waals surface area contributed by atoms with Crippen LogP contribution in [0.2, 0.25) is 0 Å². The summed E-state index contributed by atoms with van der Waals surface area (Å²) in [5.41, 5.74) is -0.0288. The molecule has 0 saturated carbocycles. The van der Waals surface area contributed by atoms with Crippen LogP contribution in [0.3, 0.4) is 0 Å². The molecule has 1 aliphatic rings. The van der Waals surface area contributed by atoms with Crippen LogP contribution in [0.4, 0.5) is 6.01 Å². The number of nitrogens with zero attached hydrogens (tertiary/aromatic N) is 2. The number of hydrogen-bond donors (Lipinski definition) is 2. The van der Waals surface area contributed by atoms with Gasteiger partial charge in [0, 0.05) is 19.5 Å². The van der Waals surface area contributed by atoms with E-state index in [9.17, 15) is 9.90 Å². The molecule has 1 aromatic heterocycles. The van der Waals surface area contributed by atoms with Crippen LogP contribution in [0, 0.1) is 0 Å². The molecule has 0 amide bonds. The van der Waals surface area contributed by atoms with E-state index < -0.39 is 5.97 Å². The first-order chi connectivity index (χ1) is 7.61. The van der Waals surface area contributed by atoms with Crippen molar-refractivity contribution in [1.82, 2.24) is 4.98 Å². The lowest BCUT2D eigenvalue weighted by molar-refractivity contribution is 0.0689. The van der Waals surface area contributed by atoms with Crippen molar-refractivity contribution in [2.75, 3.05) is 18.0 Å². The summed E-state index contributed by atoms with van der Waals surface area (Å²) in [4.78, 5) is 16.6. The molecule has 0 aliphatic carbocycles. The predicted molar refractivity (Wildman–Crippen MR) is 55.7 cm³/mol. The number of anilines is 1. The molecule has 1 unspecified atom stereocenters. The molecule has 6 nitrogen and oxygen atoms in total. The average Bonchev–Trinajstić information content (AvgIpc) is 2.82. The molecular weight excluding hydrogens is 212 g/mol. The van der Waals surface area contributed by atoms with Crippen molar-refractivity contribution < 1.29 is 19.4 Å². The second kappa shape index (κ2) is 4.13. The van der Waals surface area contributed by atoms with Gasteiger partial charge in [-0.1, -0.05) is 6.92 Å². The summed E-state index contributed by atoms with van der Waals surface area (Å²) in [7, 11) is 0. The Balaban J connectivity index is 2.25. The minimum Gasteiger partial charge on any atom is -0.476 e. The number of aromatic carboxylic acids is 1. The van der Waals surface area contributed by atoms with Gasteiger partial charge in [0.1, 0.15) is 5.76 Å². The zero-order chi connectivity index (χ0) is 11.7. The van der Waals surface area contributed by atoms with Crippen LogP contribution in [-0.4, -0.2) is 40.4 Å². The van der Waals surface area contributed by atoms with Gasteiger partial charge in [-0.3, -0.25) is 0 Å². The Bertz CT molecular complexity index is 402. The molecule has 16 heavy (non-hydrogen) atoms. The third-order valence-corrected chi connectivity index (χ3v) is 2.64. The summed E-state index contributed by atoms with van der Waals surface area (Å²) in [6, 6.07) is 0.297. The fraction of sp³-hybridized carbons (Fsp3) is 0.600. The van der Waals surface area contributed by atoms with E-state index in [0.29, 0.717) is 37.7 Å². The van der Waals surface area contributed by atoms with Crippen molar-refractivity contribution in [3.8, 4) is 0 Å². The number of β-amino-alcohol motifs (C(OH)–C–C–N with tert-alkyl or cyclic N) is 1. The molecular formula is C10H14N2O4. The molecule has 1 aromatic rings. The standard InChI is InChI=1S/C10H14N2O4/c1-2-7-8(9(14)15)11-10(16-7)12-4-3-6(13)5-12/h6,13H,2-5H2,1H3,(H,14,15). The van der Waals surface area contributed by atoms with Crippen molar-refractivity contribution in [1.29, 1.82) is 0 Å². The number of carboxylic acid groups (broad SMARTS) is 1. The van der Waals surface area contributed by atoms with E-state index in [4.69, 9.17) is 9.52 Å². The number of aliphatic hydroxyl groups is 1. The zero-order valence-corrected chi connectivity index (χ0v) is 9.01. The number of rotatable bonds is 3. The van der Waals surface area contributed by atoms with Gasteiger partial charge >= 0.3 is 5.97 Å². The first-order valence-electron chi connectivity index (χ1n) is 5.27. The molecule has 0 radical (unpaired) electrons. The summed E-state index contributed by atoms with van der Waals surface area (Å²) in [6.07, 6.45) is 0.766. The number of oxazole rings is 1. The normalized spacial score (nSPS) is 20.4. The molecule has 0 bridgehead atoms. The molecule has 0 spiro atoms. The maximum absolute atomic E-state index is 10.9. The predicted octanol–water partition coefficient (Wildman–Crippen LogP) is 0.506. The lowest BCUT2D eigenvalue weighted by Crippen LogP contribution is -2.21. The molecule has 1 fully saturated rings. The van der Waals surface area contributed by atoms with Gasteiger partial charge in [0.05, 0.1) is 6.10 Å². The molecule has 2 rings (SSSR count). The van der Waals surface area contributed by atoms with Gasteiger partial charge in [0.25, 0.3) is 6.01 Å². The minimum atomic E-state index is -1.08. The van der Waals surface area contributed by atoms with E-state index in [0.717, 1.165) is 0 Å². The molecule has 1 saturated heterocycles. The number of carbonyl (C=O) groups is 1. The van der Waals surface area contributed by atoms with Crippen LogP contribution in [0.5, 0.6) is 0 Å². The smallest absolute Gasteiger partial charge is 0.358 e. The summed E-state index contributed by atoms with van der Waals surface area (Å²) in [5, 5.41) is 18.3. The lowest BCUT2D eigenvalue weighted by atomic mass is 10.3. The number of carboxylic acids is 1. The fourth-order valence-electron chi connectivity index (χ4n) is 1.80. The third-order valence-electron chi connectivity index (χ3n) is 2.64.